The number of alkyl halides is 18. The first kappa shape index (κ1) is 26.1. The molecule has 0 saturated heterocycles. The van der Waals surface area contributed by atoms with E-state index in [1.54, 1.807) is 0 Å². The first-order valence-corrected chi connectivity index (χ1v) is 6.13. The van der Waals surface area contributed by atoms with Crippen LogP contribution in [0.3, 0.4) is 0 Å². The van der Waals surface area contributed by atoms with Crippen LogP contribution in [0.2, 0.25) is 0 Å². The van der Waals surface area contributed by atoms with Crippen LogP contribution in [-0.4, -0.2) is 46.6 Å². The summed E-state index contributed by atoms with van der Waals surface area (Å²) in [5.74, 6) is -31.7. The molecule has 0 bridgehead atoms. The van der Waals surface area contributed by atoms with Gasteiger partial charge in [0.25, 0.3) is 0 Å². The molecule has 0 aliphatic heterocycles. The van der Waals surface area contributed by atoms with E-state index in [-0.39, 0.29) is 0 Å². The maximum atomic E-state index is 12.8. The van der Waals surface area contributed by atoms with Gasteiger partial charge < -0.3 is 0 Å². The van der Waals surface area contributed by atoms with Crippen LogP contribution in [0, 0.1) is 0 Å². The van der Waals surface area contributed by atoms with E-state index in [1.807, 2.05) is 0 Å². The molecule has 0 saturated carbocycles. The molecule has 0 unspecified atom stereocenters. The van der Waals surface area contributed by atoms with Gasteiger partial charge in [0, 0.05) is 0 Å². The van der Waals surface area contributed by atoms with Gasteiger partial charge in [0.2, 0.25) is 0 Å². The maximum Gasteiger partial charge on any atom is 0.460 e. The second kappa shape index (κ2) is 6.30. The fourth-order valence-corrected chi connectivity index (χ4v) is 1.85. The average molecular weight is 470 g/mol. The van der Waals surface area contributed by atoms with Gasteiger partial charge in [-0.25, -0.2) is 0 Å². The number of hydrogen-bond acceptors (Lipinski definition) is 1. The van der Waals surface area contributed by atoms with E-state index in [2.05, 4.69) is 0 Å². The van der Waals surface area contributed by atoms with Crippen LogP contribution >= 0.6 is 11.8 Å². The molecule has 0 aromatic carbocycles. The molecule has 0 rings (SSSR count). The zero-order valence-corrected chi connectivity index (χ0v) is 12.0. The molecule has 0 amide bonds. The summed E-state index contributed by atoms with van der Waals surface area (Å²) in [4.78, 5) is 0. The molecule has 0 aromatic rings. The minimum atomic E-state index is -7.96. The third kappa shape index (κ3) is 3.83. The van der Waals surface area contributed by atoms with Crippen molar-refractivity contribution in [2.24, 2.45) is 0 Å². The van der Waals surface area contributed by atoms with Crippen LogP contribution in [0.25, 0.3) is 0 Å². The fourth-order valence-electron chi connectivity index (χ4n) is 1.01. The highest BCUT2D eigenvalue weighted by atomic mass is 32.2. The van der Waals surface area contributed by atoms with E-state index >= 15 is 0 Å². The molecule has 19 heteroatoms. The minimum Gasteiger partial charge on any atom is -0.191 e. The number of hydrogen-bond donors (Lipinski definition) is 0. The Bertz CT molecular complexity index is 489. The van der Waals surface area contributed by atoms with Crippen molar-refractivity contribution in [2.45, 2.75) is 46.6 Å². The lowest BCUT2D eigenvalue weighted by atomic mass is 10.1. The predicted molar refractivity (Wildman–Crippen MR) is 49.4 cm³/mol. The quantitative estimate of drug-likeness (QED) is 0.396. The predicted octanol–water partition coefficient (Wildman–Crippen LogP) is 6.57. The third-order valence-corrected chi connectivity index (χ3v) is 3.51. The van der Waals surface area contributed by atoms with Crippen molar-refractivity contribution in [3.05, 3.63) is 0 Å². The topological polar surface area (TPSA) is 0 Å². The lowest BCUT2D eigenvalue weighted by molar-refractivity contribution is -0.387. The highest BCUT2D eigenvalue weighted by molar-refractivity contribution is 8.01. The smallest absolute Gasteiger partial charge is 0.191 e. The van der Waals surface area contributed by atoms with Crippen LogP contribution in [0.4, 0.5) is 79.0 Å². The van der Waals surface area contributed by atoms with Gasteiger partial charge in [-0.05, 0) is 11.8 Å². The lowest BCUT2D eigenvalue weighted by Crippen LogP contribution is -2.63. The molecular weight excluding hydrogens is 470 g/mol. The van der Waals surface area contributed by atoms with Gasteiger partial charge in [-0.2, -0.15) is 79.0 Å². The molecular formula is C8F18S. The largest absolute Gasteiger partial charge is 0.460 e. The maximum absolute atomic E-state index is 12.8. The molecule has 0 heterocycles. The first-order valence-electron chi connectivity index (χ1n) is 5.31. The van der Waals surface area contributed by atoms with Gasteiger partial charge in [0.15, 0.2) is 0 Å². The Morgan fingerprint density at radius 1 is 0.296 bits per heavy atom. The molecule has 0 spiro atoms. The number of rotatable bonds is 6. The Kier molecular flexibility index (Phi) is 6.08. The first-order chi connectivity index (χ1) is 11.2. The van der Waals surface area contributed by atoms with E-state index in [0.717, 1.165) is 0 Å². The highest BCUT2D eigenvalue weighted by Crippen LogP contribution is 2.64. The zero-order chi connectivity index (χ0) is 22.7. The van der Waals surface area contributed by atoms with Crippen molar-refractivity contribution in [3.63, 3.8) is 0 Å². The monoisotopic (exact) mass is 470 g/mol. The second-order valence-corrected chi connectivity index (χ2v) is 5.66. The van der Waals surface area contributed by atoms with Crippen molar-refractivity contribution in [2.75, 3.05) is 0 Å². The summed E-state index contributed by atoms with van der Waals surface area (Å²) in [7, 11) is 0. The highest BCUT2D eigenvalue weighted by Gasteiger charge is 2.87. The van der Waals surface area contributed by atoms with E-state index in [4.69, 9.17) is 0 Å². The Balaban J connectivity index is 6.19. The Morgan fingerprint density at radius 3 is 0.630 bits per heavy atom. The molecule has 0 atom stereocenters. The molecule has 0 N–H and O–H groups in total. The standard InChI is InChI=1S/C8F18S/c9-1(10,5(17,18)19)3(13,14)7(23,24)27-8(25,26)4(15,16)2(11,12)6(20,21)22. The Hall–Kier alpha value is -0.910. The molecule has 27 heavy (non-hydrogen) atoms. The summed E-state index contributed by atoms with van der Waals surface area (Å²) in [5, 5.41) is -15.2. The van der Waals surface area contributed by atoms with E-state index in [9.17, 15) is 79.0 Å². The van der Waals surface area contributed by atoms with E-state index in [0.29, 0.717) is 0 Å². The number of halogens is 18. The zero-order valence-electron chi connectivity index (χ0n) is 11.2. The fraction of sp³-hybridized carbons (Fsp3) is 1.00. The summed E-state index contributed by atoms with van der Waals surface area (Å²) in [6.07, 6.45) is -15.2. The second-order valence-electron chi connectivity index (χ2n) is 4.43. The Labute approximate surface area is 138 Å². The third-order valence-electron chi connectivity index (χ3n) is 2.49. The average Bonchev–Trinajstić information content (AvgIpc) is 2.33. The van der Waals surface area contributed by atoms with Gasteiger partial charge in [-0.3, -0.25) is 0 Å². The lowest BCUT2D eigenvalue weighted by Gasteiger charge is -2.37. The van der Waals surface area contributed by atoms with Crippen LogP contribution in [0.15, 0.2) is 0 Å². The van der Waals surface area contributed by atoms with Gasteiger partial charge in [-0.1, -0.05) is 0 Å². The van der Waals surface area contributed by atoms with Crippen molar-refractivity contribution in [1.82, 2.24) is 0 Å². The molecule has 0 radical (unpaired) electrons. The van der Waals surface area contributed by atoms with Crippen LogP contribution in [0.5, 0.6) is 0 Å². The molecule has 0 aromatic heterocycles. The summed E-state index contributed by atoms with van der Waals surface area (Å²) in [5.41, 5.74) is 0. The van der Waals surface area contributed by atoms with Crippen molar-refractivity contribution >= 4 is 11.8 Å². The summed E-state index contributed by atoms with van der Waals surface area (Å²) in [6, 6.07) is 0. The van der Waals surface area contributed by atoms with Crippen LogP contribution in [0.1, 0.15) is 0 Å². The van der Waals surface area contributed by atoms with Gasteiger partial charge in [0.1, 0.15) is 0 Å². The normalized spacial score (nSPS) is 16.7. The van der Waals surface area contributed by atoms with Gasteiger partial charge in [-0.15, -0.1) is 0 Å². The molecule has 0 nitrogen and oxygen atoms in total. The summed E-state index contributed by atoms with van der Waals surface area (Å²) in [6.45, 7) is 0. The number of thioether (sulfide) groups is 1. The van der Waals surface area contributed by atoms with E-state index in [1.165, 1.54) is 0 Å². The van der Waals surface area contributed by atoms with Crippen molar-refractivity contribution in [3.8, 4) is 0 Å². The summed E-state index contributed by atoms with van der Waals surface area (Å²) >= 11 is -3.92. The molecule has 164 valence electrons. The Morgan fingerprint density at radius 2 is 0.481 bits per heavy atom. The van der Waals surface area contributed by atoms with Crippen molar-refractivity contribution < 1.29 is 79.0 Å². The minimum absolute atomic E-state index is 3.92. The molecule has 0 aliphatic carbocycles. The summed E-state index contributed by atoms with van der Waals surface area (Å²) < 4.78 is 222. The molecule has 0 aliphatic rings. The van der Waals surface area contributed by atoms with Gasteiger partial charge in [0.05, 0.1) is 0 Å². The van der Waals surface area contributed by atoms with Crippen LogP contribution < -0.4 is 0 Å². The van der Waals surface area contributed by atoms with E-state index < -0.39 is 58.3 Å². The van der Waals surface area contributed by atoms with Gasteiger partial charge >= 0.3 is 46.6 Å². The molecule has 0 fully saturated rings. The van der Waals surface area contributed by atoms with Crippen molar-refractivity contribution in [1.29, 1.82) is 0 Å². The van der Waals surface area contributed by atoms with Crippen LogP contribution in [-0.2, 0) is 0 Å². The SMILES string of the molecule is FC(F)(F)C(F)(F)C(F)(F)C(F)(F)SC(F)(F)C(F)(F)C(F)(F)C(F)(F)F.